The average molecular weight is 476 g/mol. The fourth-order valence-corrected chi connectivity index (χ4v) is 3.38. The number of amides is 1. The van der Waals surface area contributed by atoms with Crippen LogP contribution in [-0.2, 0) is 17.5 Å². The van der Waals surface area contributed by atoms with E-state index in [4.69, 9.17) is 11.6 Å². The predicted octanol–water partition coefficient (Wildman–Crippen LogP) is 4.59. The first-order valence-electron chi connectivity index (χ1n) is 9.80. The number of aromatic nitrogens is 4. The first-order chi connectivity index (χ1) is 15.6. The Balaban J connectivity index is 1.50. The fraction of sp³-hybridized carbons (Fsp3) is 0.182. The number of hydrogen-bond acceptors (Lipinski definition) is 4. The number of nitrogens with one attached hydrogen (secondary N) is 1. The van der Waals surface area contributed by atoms with Crippen LogP contribution < -0.4 is 10.9 Å². The van der Waals surface area contributed by atoms with Crippen LogP contribution in [0.4, 0.5) is 18.9 Å². The van der Waals surface area contributed by atoms with Gasteiger partial charge < -0.3 is 5.32 Å². The number of benzene rings is 2. The van der Waals surface area contributed by atoms with E-state index in [0.717, 1.165) is 29.4 Å². The monoisotopic (exact) mass is 475 g/mol. The molecule has 0 saturated carbocycles. The van der Waals surface area contributed by atoms with E-state index in [9.17, 15) is 22.8 Å². The zero-order valence-electron chi connectivity index (χ0n) is 17.2. The van der Waals surface area contributed by atoms with Gasteiger partial charge in [-0.25, -0.2) is 9.67 Å². The lowest BCUT2D eigenvalue weighted by atomic mass is 10.2. The van der Waals surface area contributed by atoms with Gasteiger partial charge in [-0.15, -0.1) is 0 Å². The molecule has 0 fully saturated rings. The summed E-state index contributed by atoms with van der Waals surface area (Å²) in [6.07, 6.45) is -2.03. The molecular formula is C22H17ClF3N5O2. The highest BCUT2D eigenvalue weighted by Gasteiger charge is 2.31. The minimum absolute atomic E-state index is 0.0277. The highest BCUT2D eigenvalue weighted by atomic mass is 35.5. The zero-order chi connectivity index (χ0) is 23.8. The highest BCUT2D eigenvalue weighted by molar-refractivity contribution is 6.33. The molecule has 0 saturated heterocycles. The Kier molecular flexibility index (Phi) is 5.94. The third-order valence-electron chi connectivity index (χ3n) is 4.98. The Hall–Kier alpha value is -3.66. The van der Waals surface area contributed by atoms with Crippen molar-refractivity contribution in [2.75, 3.05) is 5.32 Å². The average Bonchev–Trinajstić information content (AvgIpc) is 3.19. The summed E-state index contributed by atoms with van der Waals surface area (Å²) < 4.78 is 41.5. The minimum Gasteiger partial charge on any atom is -0.325 e. The molecule has 0 aliphatic carbocycles. The van der Waals surface area contributed by atoms with Crippen LogP contribution in [0, 0.1) is 6.92 Å². The fourth-order valence-electron chi connectivity index (χ4n) is 3.21. The molecule has 11 heteroatoms. The number of alkyl halides is 3. The van der Waals surface area contributed by atoms with Crippen molar-refractivity contribution in [1.29, 1.82) is 0 Å². The summed E-state index contributed by atoms with van der Waals surface area (Å²) in [7, 11) is 0. The number of hydrogen-bond donors (Lipinski definition) is 1. The summed E-state index contributed by atoms with van der Waals surface area (Å²) in [5.74, 6) is -0.599. The lowest BCUT2D eigenvalue weighted by Gasteiger charge is -2.12. The van der Waals surface area contributed by atoms with Crippen molar-refractivity contribution < 1.29 is 18.0 Å². The van der Waals surface area contributed by atoms with E-state index in [0.29, 0.717) is 5.65 Å². The summed E-state index contributed by atoms with van der Waals surface area (Å²) in [5.41, 5.74) is 0.729. The van der Waals surface area contributed by atoms with Gasteiger partial charge in [0.05, 0.1) is 34.5 Å². The number of carbonyl (C=O) groups excluding carboxylic acids is 1. The first-order valence-corrected chi connectivity index (χ1v) is 10.2. The van der Waals surface area contributed by atoms with Crippen molar-refractivity contribution in [2.24, 2.45) is 0 Å². The van der Waals surface area contributed by atoms with E-state index in [-0.39, 0.29) is 34.6 Å². The second-order valence-corrected chi connectivity index (χ2v) is 7.77. The van der Waals surface area contributed by atoms with Gasteiger partial charge in [-0.2, -0.15) is 18.3 Å². The van der Waals surface area contributed by atoms with Crippen LogP contribution in [0.1, 0.15) is 17.5 Å². The summed E-state index contributed by atoms with van der Waals surface area (Å²) >= 11 is 5.90. The number of rotatable bonds is 5. The van der Waals surface area contributed by atoms with Gasteiger partial charge in [-0.05, 0) is 37.3 Å². The number of carbonyl (C=O) groups is 1. The quantitative estimate of drug-likeness (QED) is 0.457. The van der Waals surface area contributed by atoms with Gasteiger partial charge in [-0.1, -0.05) is 29.3 Å². The second-order valence-electron chi connectivity index (χ2n) is 7.36. The Labute approximate surface area is 190 Å². The molecule has 2 heterocycles. The molecule has 4 aromatic rings. The largest absolute Gasteiger partial charge is 0.416 e. The van der Waals surface area contributed by atoms with E-state index < -0.39 is 17.6 Å². The maximum atomic E-state index is 12.9. The summed E-state index contributed by atoms with van der Waals surface area (Å²) in [4.78, 5) is 29.4. The van der Waals surface area contributed by atoms with Crippen LogP contribution in [-0.4, -0.2) is 25.2 Å². The molecule has 0 radical (unpaired) electrons. The highest BCUT2D eigenvalue weighted by Crippen LogP contribution is 2.33. The van der Waals surface area contributed by atoms with Crippen LogP contribution >= 0.6 is 11.6 Å². The van der Waals surface area contributed by atoms with Crippen LogP contribution in [0.25, 0.3) is 16.7 Å². The van der Waals surface area contributed by atoms with E-state index in [1.807, 2.05) is 31.2 Å². The molecule has 0 unspecified atom stereocenters. The third-order valence-corrected chi connectivity index (χ3v) is 5.31. The molecule has 0 aliphatic heterocycles. The van der Waals surface area contributed by atoms with Crippen LogP contribution in [0.2, 0.25) is 5.02 Å². The molecule has 33 heavy (non-hydrogen) atoms. The maximum absolute atomic E-state index is 12.9. The van der Waals surface area contributed by atoms with Crippen molar-refractivity contribution in [3.8, 4) is 5.69 Å². The molecule has 0 bridgehead atoms. The first kappa shape index (κ1) is 22.5. The number of aryl methyl sites for hydroxylation is 2. The van der Waals surface area contributed by atoms with Gasteiger partial charge in [0.25, 0.3) is 5.56 Å². The molecule has 0 spiro atoms. The normalized spacial score (nSPS) is 11.7. The molecular weight excluding hydrogens is 459 g/mol. The van der Waals surface area contributed by atoms with E-state index >= 15 is 0 Å². The lowest BCUT2D eigenvalue weighted by Crippen LogP contribution is -2.23. The van der Waals surface area contributed by atoms with Gasteiger partial charge in [0, 0.05) is 13.0 Å². The topological polar surface area (TPSA) is 81.8 Å². The van der Waals surface area contributed by atoms with Crippen molar-refractivity contribution >= 4 is 34.2 Å². The second kappa shape index (κ2) is 8.70. The van der Waals surface area contributed by atoms with E-state index in [1.54, 1.807) is 4.68 Å². The molecule has 0 atom stereocenters. The van der Waals surface area contributed by atoms with Gasteiger partial charge in [-0.3, -0.25) is 14.2 Å². The minimum atomic E-state index is -4.57. The van der Waals surface area contributed by atoms with Gasteiger partial charge in [0.1, 0.15) is 5.39 Å². The number of nitrogens with zero attached hydrogens (tertiary/aromatic N) is 4. The Morgan fingerprint density at radius 3 is 2.58 bits per heavy atom. The smallest absolute Gasteiger partial charge is 0.325 e. The standard InChI is InChI=1S/C22H17ClF3N5O2/c1-13-2-5-15(6-3-13)31-20-16(11-28-31)21(33)30(12-27-20)9-8-19(32)29-18-10-14(22(24,25)26)4-7-17(18)23/h2-7,10-12H,8-9H2,1H3,(H,29,32). The molecule has 170 valence electrons. The van der Waals surface area contributed by atoms with Crippen molar-refractivity contribution in [3.05, 3.63) is 81.5 Å². The maximum Gasteiger partial charge on any atom is 0.416 e. The number of anilines is 1. The molecule has 0 aliphatic rings. The van der Waals surface area contributed by atoms with Crippen LogP contribution in [0.15, 0.2) is 59.8 Å². The van der Waals surface area contributed by atoms with Crippen LogP contribution in [0.5, 0.6) is 0 Å². The molecule has 4 rings (SSSR count). The van der Waals surface area contributed by atoms with Crippen molar-refractivity contribution in [1.82, 2.24) is 19.3 Å². The molecule has 2 aromatic carbocycles. The summed E-state index contributed by atoms with van der Waals surface area (Å²) in [5, 5.41) is 6.85. The molecule has 2 aromatic heterocycles. The van der Waals surface area contributed by atoms with Gasteiger partial charge >= 0.3 is 6.18 Å². The number of fused-ring (bicyclic) bond motifs is 1. The van der Waals surface area contributed by atoms with Crippen LogP contribution in [0.3, 0.4) is 0 Å². The van der Waals surface area contributed by atoms with E-state index in [2.05, 4.69) is 15.4 Å². The van der Waals surface area contributed by atoms with Crippen molar-refractivity contribution in [2.45, 2.75) is 26.1 Å². The number of halogens is 4. The zero-order valence-corrected chi connectivity index (χ0v) is 18.0. The molecule has 7 nitrogen and oxygen atoms in total. The SMILES string of the molecule is Cc1ccc(-n2ncc3c(=O)n(CCC(=O)Nc4cc(C(F)(F)F)ccc4Cl)cnc32)cc1. The van der Waals surface area contributed by atoms with Gasteiger partial charge in [0.2, 0.25) is 5.91 Å². The van der Waals surface area contributed by atoms with Crippen molar-refractivity contribution in [3.63, 3.8) is 0 Å². The predicted molar refractivity (Wildman–Crippen MR) is 118 cm³/mol. The summed E-state index contributed by atoms with van der Waals surface area (Å²) in [6.45, 7) is 1.93. The molecule has 1 N–H and O–H groups in total. The Bertz CT molecular complexity index is 1390. The lowest BCUT2D eigenvalue weighted by molar-refractivity contribution is -0.137. The Morgan fingerprint density at radius 2 is 1.88 bits per heavy atom. The molecule has 1 amide bonds. The van der Waals surface area contributed by atoms with E-state index in [1.165, 1.54) is 17.1 Å². The van der Waals surface area contributed by atoms with Gasteiger partial charge in [0.15, 0.2) is 5.65 Å². The Morgan fingerprint density at radius 1 is 1.15 bits per heavy atom. The third kappa shape index (κ3) is 4.75. The summed E-state index contributed by atoms with van der Waals surface area (Å²) in [6, 6.07) is 10.2.